The third kappa shape index (κ3) is 10.2. The molecule has 1 amide bonds. The van der Waals surface area contributed by atoms with E-state index in [0.29, 0.717) is 52.2 Å². The number of nitriles is 1. The van der Waals surface area contributed by atoms with E-state index in [1.54, 1.807) is 24.4 Å². The molecule has 1 atom stereocenters. The first-order valence-corrected chi connectivity index (χ1v) is 16.2. The number of nitrogens with one attached hydrogen (secondary N) is 3. The summed E-state index contributed by atoms with van der Waals surface area (Å²) in [7, 11) is 0. The van der Waals surface area contributed by atoms with Crippen molar-refractivity contribution in [1.29, 1.82) is 5.26 Å². The molecular formula is C33H40Cl2N6OS. The second-order valence-electron chi connectivity index (χ2n) is 11.8. The van der Waals surface area contributed by atoms with Crippen molar-refractivity contribution in [3.8, 4) is 6.07 Å². The van der Waals surface area contributed by atoms with Gasteiger partial charge in [0.2, 0.25) is 5.91 Å². The van der Waals surface area contributed by atoms with Crippen LogP contribution in [0, 0.1) is 17.2 Å². The lowest BCUT2D eigenvalue weighted by Gasteiger charge is -2.34. The Morgan fingerprint density at radius 1 is 1.16 bits per heavy atom. The van der Waals surface area contributed by atoms with E-state index < -0.39 is 0 Å². The Morgan fingerprint density at radius 2 is 1.91 bits per heavy atom. The van der Waals surface area contributed by atoms with Gasteiger partial charge in [0.05, 0.1) is 28.1 Å². The van der Waals surface area contributed by atoms with Crippen LogP contribution < -0.4 is 10.6 Å². The molecule has 1 aliphatic rings. The zero-order valence-corrected chi connectivity index (χ0v) is 27.2. The Hall–Kier alpha value is -3.12. The SMILES string of the molecule is CC(C)C[C@@H](CN(Cc1cccc(Cl)c1Cl)C(=S)NC1CCCCC1)NC(=O)Cc1cnc(Cc2ccc(C#N)cc2)[nH]1. The lowest BCUT2D eigenvalue weighted by atomic mass is 9.96. The van der Waals surface area contributed by atoms with Crippen LogP contribution >= 0.6 is 35.4 Å². The lowest BCUT2D eigenvalue weighted by molar-refractivity contribution is -0.121. The third-order valence-corrected chi connectivity index (χ3v) is 8.90. The quantitative estimate of drug-likeness (QED) is 0.186. The van der Waals surface area contributed by atoms with Crippen LogP contribution in [0.1, 0.15) is 80.6 Å². The zero-order chi connectivity index (χ0) is 30.8. The fourth-order valence-corrected chi connectivity index (χ4v) is 6.24. The molecule has 3 N–H and O–H groups in total. The van der Waals surface area contributed by atoms with Gasteiger partial charge in [-0.05, 0) is 66.7 Å². The molecule has 10 heteroatoms. The van der Waals surface area contributed by atoms with Crippen molar-refractivity contribution in [1.82, 2.24) is 25.5 Å². The molecule has 1 aromatic heterocycles. The van der Waals surface area contributed by atoms with E-state index >= 15 is 0 Å². The highest BCUT2D eigenvalue weighted by molar-refractivity contribution is 7.80. The van der Waals surface area contributed by atoms with Crippen LogP contribution in [0.25, 0.3) is 0 Å². The highest BCUT2D eigenvalue weighted by Gasteiger charge is 2.24. The summed E-state index contributed by atoms with van der Waals surface area (Å²) in [5.74, 6) is 1.06. The van der Waals surface area contributed by atoms with E-state index in [1.807, 2.05) is 24.3 Å². The molecule has 1 fully saturated rings. The molecule has 0 saturated heterocycles. The van der Waals surface area contributed by atoms with Crippen molar-refractivity contribution in [3.05, 3.63) is 86.9 Å². The van der Waals surface area contributed by atoms with Crippen LogP contribution in [0.15, 0.2) is 48.7 Å². The summed E-state index contributed by atoms with van der Waals surface area (Å²) >= 11 is 18.9. The van der Waals surface area contributed by atoms with Gasteiger partial charge in [-0.15, -0.1) is 0 Å². The molecule has 0 spiro atoms. The number of benzene rings is 2. The van der Waals surface area contributed by atoms with Gasteiger partial charge >= 0.3 is 0 Å². The first-order chi connectivity index (χ1) is 20.7. The van der Waals surface area contributed by atoms with Crippen LogP contribution in [0.5, 0.6) is 0 Å². The van der Waals surface area contributed by atoms with Crippen molar-refractivity contribution in [2.45, 2.75) is 83.8 Å². The van der Waals surface area contributed by atoms with Gasteiger partial charge in [0.1, 0.15) is 5.82 Å². The number of aromatic amines is 1. The molecule has 7 nitrogen and oxygen atoms in total. The predicted octanol–water partition coefficient (Wildman–Crippen LogP) is 6.96. The first kappa shape index (κ1) is 32.8. The molecule has 1 saturated carbocycles. The Kier molecular flexibility index (Phi) is 12.3. The summed E-state index contributed by atoms with van der Waals surface area (Å²) in [6.45, 7) is 5.33. The average Bonchev–Trinajstić information content (AvgIpc) is 3.41. The number of carbonyl (C=O) groups is 1. The Bertz CT molecular complexity index is 1410. The number of carbonyl (C=O) groups excluding carboxylic acids is 1. The number of amides is 1. The predicted molar refractivity (Wildman–Crippen MR) is 177 cm³/mol. The second kappa shape index (κ2) is 16.1. The normalized spacial score (nSPS) is 14.2. The number of halogens is 2. The topological polar surface area (TPSA) is 96.8 Å². The van der Waals surface area contributed by atoms with Crippen molar-refractivity contribution < 1.29 is 4.79 Å². The molecule has 228 valence electrons. The molecule has 2 aromatic carbocycles. The highest BCUT2D eigenvalue weighted by Crippen LogP contribution is 2.27. The lowest BCUT2D eigenvalue weighted by Crippen LogP contribution is -2.51. The Morgan fingerprint density at radius 3 is 2.60 bits per heavy atom. The molecule has 0 aliphatic heterocycles. The monoisotopic (exact) mass is 638 g/mol. The number of aromatic nitrogens is 2. The van der Waals surface area contributed by atoms with Gasteiger partial charge in [-0.25, -0.2) is 4.98 Å². The van der Waals surface area contributed by atoms with Crippen LogP contribution in [-0.2, 0) is 24.2 Å². The molecule has 1 heterocycles. The van der Waals surface area contributed by atoms with Gasteiger partial charge in [-0.1, -0.05) is 80.6 Å². The van der Waals surface area contributed by atoms with E-state index in [0.717, 1.165) is 41.9 Å². The van der Waals surface area contributed by atoms with Crippen LogP contribution in [0.3, 0.4) is 0 Å². The highest BCUT2D eigenvalue weighted by atomic mass is 35.5. The van der Waals surface area contributed by atoms with Crippen molar-refractivity contribution in [2.24, 2.45) is 5.92 Å². The maximum atomic E-state index is 13.3. The smallest absolute Gasteiger partial charge is 0.226 e. The Labute approximate surface area is 270 Å². The van der Waals surface area contributed by atoms with E-state index in [2.05, 4.69) is 45.4 Å². The number of rotatable bonds is 12. The number of nitrogens with zero attached hydrogens (tertiary/aromatic N) is 3. The van der Waals surface area contributed by atoms with Gasteiger partial charge in [0.15, 0.2) is 5.11 Å². The third-order valence-electron chi connectivity index (χ3n) is 7.66. The molecular weight excluding hydrogens is 599 g/mol. The van der Waals surface area contributed by atoms with Gasteiger partial charge in [0.25, 0.3) is 0 Å². The molecule has 0 unspecified atom stereocenters. The maximum absolute atomic E-state index is 13.3. The standard InChI is InChI=1S/C33H40Cl2N6OS/c1-22(2)15-28(39-31(42)17-27-19-37-30(38-27)16-23-11-13-24(18-36)14-12-23)21-41(20-25-7-6-10-29(34)32(25)35)33(43)40-26-8-4-3-5-9-26/h6-7,10-14,19,22,26,28H,3-5,8-9,15-17,20-21H2,1-2H3,(H,37,38)(H,39,42)(H,40,43)/t28-/m0/s1. The second-order valence-corrected chi connectivity index (χ2v) is 13.0. The molecule has 0 bridgehead atoms. The molecule has 43 heavy (non-hydrogen) atoms. The van der Waals surface area contributed by atoms with Gasteiger partial charge in [0, 0.05) is 43.5 Å². The largest absolute Gasteiger partial charge is 0.360 e. The maximum Gasteiger partial charge on any atom is 0.226 e. The number of H-pyrrole nitrogens is 1. The average molecular weight is 640 g/mol. The summed E-state index contributed by atoms with van der Waals surface area (Å²) in [6.07, 6.45) is 9.19. The summed E-state index contributed by atoms with van der Waals surface area (Å²) in [6, 6.07) is 15.4. The fourth-order valence-electron chi connectivity index (χ4n) is 5.55. The molecule has 0 radical (unpaired) electrons. The summed E-state index contributed by atoms with van der Waals surface area (Å²) in [5, 5.41) is 17.6. The van der Waals surface area contributed by atoms with Crippen LogP contribution in [-0.4, -0.2) is 44.5 Å². The van der Waals surface area contributed by atoms with E-state index in [-0.39, 0.29) is 18.4 Å². The van der Waals surface area contributed by atoms with Crippen LogP contribution in [0.4, 0.5) is 0 Å². The number of thiocarbonyl (C=S) groups is 1. The minimum Gasteiger partial charge on any atom is -0.360 e. The summed E-state index contributed by atoms with van der Waals surface area (Å²) in [4.78, 5) is 23.1. The fraction of sp³-hybridized carbons (Fsp3) is 0.455. The van der Waals surface area contributed by atoms with E-state index in [9.17, 15) is 4.79 Å². The zero-order valence-electron chi connectivity index (χ0n) is 24.8. The summed E-state index contributed by atoms with van der Waals surface area (Å²) < 4.78 is 0. The number of imidazole rings is 1. The van der Waals surface area contributed by atoms with E-state index in [1.165, 1.54) is 19.3 Å². The van der Waals surface area contributed by atoms with Crippen molar-refractivity contribution in [3.63, 3.8) is 0 Å². The number of hydrogen-bond acceptors (Lipinski definition) is 4. The Balaban J connectivity index is 1.43. The van der Waals surface area contributed by atoms with Crippen LogP contribution in [0.2, 0.25) is 10.0 Å². The minimum atomic E-state index is -0.127. The molecule has 4 rings (SSSR count). The van der Waals surface area contributed by atoms with Crippen molar-refractivity contribution in [2.75, 3.05) is 6.54 Å². The molecule has 3 aromatic rings. The minimum absolute atomic E-state index is 0.0777. The van der Waals surface area contributed by atoms with Gasteiger partial charge in [-0.2, -0.15) is 5.26 Å². The first-order valence-electron chi connectivity index (χ1n) is 15.0. The van der Waals surface area contributed by atoms with Crippen molar-refractivity contribution >= 4 is 46.4 Å². The molecule has 1 aliphatic carbocycles. The van der Waals surface area contributed by atoms with E-state index in [4.69, 9.17) is 40.7 Å². The number of hydrogen-bond donors (Lipinski definition) is 3. The van der Waals surface area contributed by atoms with Gasteiger partial charge < -0.3 is 20.5 Å². The van der Waals surface area contributed by atoms with Gasteiger partial charge in [-0.3, -0.25) is 4.79 Å². The summed E-state index contributed by atoms with van der Waals surface area (Å²) in [5.41, 5.74) is 3.31.